The van der Waals surface area contributed by atoms with Crippen LogP contribution in [0.15, 0.2) is 18.2 Å². The molecule has 5 atom stereocenters. The van der Waals surface area contributed by atoms with Crippen molar-refractivity contribution >= 4 is 5.97 Å². The summed E-state index contributed by atoms with van der Waals surface area (Å²) in [5.41, 5.74) is 2.32. The molecule has 5 heteroatoms. The van der Waals surface area contributed by atoms with E-state index in [4.69, 9.17) is 9.84 Å². The molecule has 0 aromatic heterocycles. The number of aliphatic hydroxyl groups is 2. The van der Waals surface area contributed by atoms with Gasteiger partial charge in [-0.05, 0) is 73.5 Å². The lowest BCUT2D eigenvalue weighted by Crippen LogP contribution is -2.28. The number of aliphatic hydroxyl groups excluding tert-OH is 2. The Morgan fingerprint density at radius 3 is 2.82 bits per heavy atom. The van der Waals surface area contributed by atoms with Gasteiger partial charge in [0.05, 0.1) is 12.2 Å². The molecule has 2 unspecified atom stereocenters. The van der Waals surface area contributed by atoms with Crippen LogP contribution in [0.3, 0.4) is 0 Å². The average molecular weight is 391 g/mol. The highest BCUT2D eigenvalue weighted by atomic mass is 16.5. The minimum Gasteiger partial charge on any atom is -0.482 e. The molecule has 0 bridgehead atoms. The molecule has 0 aliphatic heterocycles. The molecule has 2 aliphatic carbocycles. The van der Waals surface area contributed by atoms with Crippen molar-refractivity contribution in [2.45, 2.75) is 76.9 Å². The number of carboxylic acid groups (broad SMARTS) is 1. The molecule has 3 rings (SSSR count). The molecule has 28 heavy (non-hydrogen) atoms. The Morgan fingerprint density at radius 1 is 1.25 bits per heavy atom. The minimum atomic E-state index is -0.972. The van der Waals surface area contributed by atoms with Gasteiger partial charge in [-0.25, -0.2) is 4.79 Å². The van der Waals surface area contributed by atoms with Crippen LogP contribution < -0.4 is 4.74 Å². The molecule has 1 fully saturated rings. The van der Waals surface area contributed by atoms with E-state index in [-0.39, 0.29) is 24.7 Å². The lowest BCUT2D eigenvalue weighted by molar-refractivity contribution is -0.139. The van der Waals surface area contributed by atoms with Gasteiger partial charge in [-0.3, -0.25) is 0 Å². The zero-order valence-electron chi connectivity index (χ0n) is 16.8. The molecule has 1 aromatic carbocycles. The van der Waals surface area contributed by atoms with Gasteiger partial charge in [0.25, 0.3) is 0 Å². The molecule has 3 N–H and O–H groups in total. The van der Waals surface area contributed by atoms with E-state index in [1.165, 1.54) is 5.56 Å². The molecular weight excluding hydrogens is 356 g/mol. The van der Waals surface area contributed by atoms with Crippen LogP contribution in [0, 0.1) is 17.8 Å². The van der Waals surface area contributed by atoms with E-state index in [0.29, 0.717) is 17.6 Å². The normalized spacial score (nSPS) is 27.1. The lowest BCUT2D eigenvalue weighted by atomic mass is 9.73. The number of ether oxygens (including phenoxy) is 1. The largest absolute Gasteiger partial charge is 0.482 e. The number of unbranched alkanes of at least 4 members (excludes halogenated alkanes) is 2. The average Bonchev–Trinajstić information content (AvgIpc) is 2.97. The molecule has 0 amide bonds. The Labute approximate surface area is 167 Å². The third-order valence-corrected chi connectivity index (χ3v) is 6.67. The molecule has 0 radical (unpaired) electrons. The fourth-order valence-electron chi connectivity index (χ4n) is 5.24. The first-order valence-electron chi connectivity index (χ1n) is 10.8. The summed E-state index contributed by atoms with van der Waals surface area (Å²) in [5, 5.41) is 29.8. The lowest BCUT2D eigenvalue weighted by Gasteiger charge is -2.32. The van der Waals surface area contributed by atoms with Gasteiger partial charge in [-0.15, -0.1) is 0 Å². The summed E-state index contributed by atoms with van der Waals surface area (Å²) in [5.74, 6) is 0.768. The first kappa shape index (κ1) is 21.1. The molecule has 0 spiro atoms. The summed E-state index contributed by atoms with van der Waals surface area (Å²) in [7, 11) is 0. The molecule has 0 saturated heterocycles. The Morgan fingerprint density at radius 2 is 2.07 bits per heavy atom. The Kier molecular flexibility index (Phi) is 7.36. The fraction of sp³-hybridized carbons (Fsp3) is 0.696. The maximum atomic E-state index is 10.8. The quantitative estimate of drug-likeness (QED) is 0.532. The molecular formula is C23H34O5. The highest BCUT2D eigenvalue weighted by molar-refractivity contribution is 5.68. The monoisotopic (exact) mass is 390 g/mol. The van der Waals surface area contributed by atoms with Crippen molar-refractivity contribution in [3.8, 4) is 5.75 Å². The van der Waals surface area contributed by atoms with Gasteiger partial charge >= 0.3 is 5.97 Å². The van der Waals surface area contributed by atoms with E-state index in [1.54, 1.807) is 0 Å². The number of aliphatic carboxylic acids is 1. The smallest absolute Gasteiger partial charge is 0.341 e. The summed E-state index contributed by atoms with van der Waals surface area (Å²) in [4.78, 5) is 10.8. The number of rotatable bonds is 10. The minimum absolute atomic E-state index is 0.238. The maximum absolute atomic E-state index is 10.8. The third-order valence-electron chi connectivity index (χ3n) is 6.67. The SMILES string of the molecule is CCCCC[C@H](O)CCC1[C@H]2Cc3cccc(OCC(=O)O)c3CC2C[C@H]1O. The second kappa shape index (κ2) is 9.75. The Balaban J connectivity index is 1.62. The van der Waals surface area contributed by atoms with Crippen LogP contribution in [-0.2, 0) is 17.6 Å². The van der Waals surface area contributed by atoms with Crippen LogP contribution in [0.4, 0.5) is 0 Å². The van der Waals surface area contributed by atoms with Gasteiger partial charge in [0.1, 0.15) is 5.75 Å². The topological polar surface area (TPSA) is 87.0 Å². The van der Waals surface area contributed by atoms with E-state index < -0.39 is 5.97 Å². The zero-order chi connectivity index (χ0) is 20.1. The van der Waals surface area contributed by atoms with E-state index in [9.17, 15) is 15.0 Å². The molecule has 2 aliphatic rings. The van der Waals surface area contributed by atoms with Crippen molar-refractivity contribution in [1.29, 1.82) is 0 Å². The standard InChI is InChI=1S/C23H34O5/c1-2-3-4-7-17(24)9-10-18-19-11-15-6-5-8-22(28-14-23(26)27)20(15)12-16(19)13-21(18)25/h5-6,8,16-19,21,24-25H,2-4,7,9-14H2,1H3,(H,26,27)/t16?,17-,18?,19-,21+/m0/s1. The van der Waals surface area contributed by atoms with E-state index in [1.807, 2.05) is 12.1 Å². The summed E-state index contributed by atoms with van der Waals surface area (Å²) < 4.78 is 5.50. The summed E-state index contributed by atoms with van der Waals surface area (Å²) in [6.07, 6.45) is 7.85. The van der Waals surface area contributed by atoms with Crippen molar-refractivity contribution in [2.75, 3.05) is 6.61 Å². The second-order valence-corrected chi connectivity index (χ2v) is 8.60. The first-order valence-corrected chi connectivity index (χ1v) is 10.8. The highest BCUT2D eigenvalue weighted by Gasteiger charge is 2.44. The van der Waals surface area contributed by atoms with Gasteiger partial charge in [0.2, 0.25) is 0 Å². The Bertz CT molecular complexity index is 658. The van der Waals surface area contributed by atoms with Gasteiger partial charge in [0, 0.05) is 0 Å². The van der Waals surface area contributed by atoms with Crippen molar-refractivity contribution in [1.82, 2.24) is 0 Å². The number of hydrogen-bond acceptors (Lipinski definition) is 4. The predicted octanol–water partition coefficient (Wildman–Crippen LogP) is 3.58. The van der Waals surface area contributed by atoms with Crippen LogP contribution in [0.1, 0.15) is 63.0 Å². The molecule has 1 aromatic rings. The third kappa shape index (κ3) is 5.06. The summed E-state index contributed by atoms with van der Waals surface area (Å²) >= 11 is 0. The first-order chi connectivity index (χ1) is 13.5. The van der Waals surface area contributed by atoms with Gasteiger partial charge in [0.15, 0.2) is 6.61 Å². The molecule has 156 valence electrons. The number of fused-ring (bicyclic) bond motifs is 2. The molecule has 1 saturated carbocycles. The van der Waals surface area contributed by atoms with Crippen molar-refractivity contribution < 1.29 is 24.9 Å². The van der Waals surface area contributed by atoms with Crippen LogP contribution in [0.2, 0.25) is 0 Å². The van der Waals surface area contributed by atoms with Crippen molar-refractivity contribution in [3.05, 3.63) is 29.3 Å². The summed E-state index contributed by atoms with van der Waals surface area (Å²) in [6, 6.07) is 5.87. The van der Waals surface area contributed by atoms with E-state index >= 15 is 0 Å². The van der Waals surface area contributed by atoms with Crippen LogP contribution in [0.5, 0.6) is 5.75 Å². The summed E-state index contributed by atoms with van der Waals surface area (Å²) in [6.45, 7) is 1.84. The van der Waals surface area contributed by atoms with E-state index in [0.717, 1.165) is 63.4 Å². The van der Waals surface area contributed by atoms with Gasteiger partial charge < -0.3 is 20.1 Å². The van der Waals surface area contributed by atoms with Gasteiger partial charge in [-0.1, -0.05) is 38.3 Å². The molecule has 0 heterocycles. The fourth-order valence-corrected chi connectivity index (χ4v) is 5.24. The Hall–Kier alpha value is -1.59. The van der Waals surface area contributed by atoms with Crippen molar-refractivity contribution in [3.63, 3.8) is 0 Å². The van der Waals surface area contributed by atoms with Gasteiger partial charge in [-0.2, -0.15) is 0 Å². The van der Waals surface area contributed by atoms with Crippen molar-refractivity contribution in [2.24, 2.45) is 17.8 Å². The second-order valence-electron chi connectivity index (χ2n) is 8.60. The highest BCUT2D eigenvalue weighted by Crippen LogP contribution is 2.48. The predicted molar refractivity (Wildman–Crippen MR) is 107 cm³/mol. The van der Waals surface area contributed by atoms with Crippen LogP contribution in [0.25, 0.3) is 0 Å². The number of carboxylic acids is 1. The van der Waals surface area contributed by atoms with E-state index in [2.05, 4.69) is 13.0 Å². The number of hydrogen-bond donors (Lipinski definition) is 3. The maximum Gasteiger partial charge on any atom is 0.341 e. The van der Waals surface area contributed by atoms with Crippen LogP contribution in [-0.4, -0.2) is 40.1 Å². The van der Waals surface area contributed by atoms with Crippen LogP contribution >= 0.6 is 0 Å². The number of carbonyl (C=O) groups is 1. The zero-order valence-corrected chi connectivity index (χ0v) is 16.8. The number of benzene rings is 1. The molecule has 5 nitrogen and oxygen atoms in total.